The summed E-state index contributed by atoms with van der Waals surface area (Å²) in [5.41, 5.74) is 6.66. The van der Waals surface area contributed by atoms with Crippen molar-refractivity contribution in [2.24, 2.45) is 5.73 Å². The van der Waals surface area contributed by atoms with E-state index in [-0.39, 0.29) is 12.3 Å². The summed E-state index contributed by atoms with van der Waals surface area (Å²) in [6.45, 7) is 4.16. The molecule has 1 rings (SSSR count). The Labute approximate surface area is 114 Å². The molecule has 0 atom stereocenters. The zero-order chi connectivity index (χ0) is 14.5. The van der Waals surface area contributed by atoms with Crippen molar-refractivity contribution in [3.63, 3.8) is 0 Å². The van der Waals surface area contributed by atoms with Gasteiger partial charge in [-0.15, -0.1) is 0 Å². The molecule has 19 heavy (non-hydrogen) atoms. The average Bonchev–Trinajstić information content (AvgIpc) is 2.38. The first-order chi connectivity index (χ1) is 8.91. The fraction of sp³-hybridized carbons (Fsp3) is 0.500. The number of nitrogens with two attached hydrogens (primary N) is 1. The lowest BCUT2D eigenvalue weighted by Crippen LogP contribution is -2.29. The Bertz CT molecular complexity index is 444. The first-order valence-electron chi connectivity index (χ1n) is 6.14. The topological polar surface area (TPSA) is 73.6 Å². The molecule has 0 spiro atoms. The Morgan fingerprint density at radius 2 is 2.05 bits per heavy atom. The molecular formula is C14H22N2O3. The molecule has 0 unspecified atom stereocenters. The highest BCUT2D eigenvalue weighted by atomic mass is 16.5. The zero-order valence-corrected chi connectivity index (χ0v) is 11.9. The van der Waals surface area contributed by atoms with E-state index in [4.69, 9.17) is 15.2 Å². The number of carbonyl (C=O) groups is 1. The SMILES string of the molecule is COc1cc(CN)ccc1NC(=O)CC(C)(C)OC. The van der Waals surface area contributed by atoms with E-state index >= 15 is 0 Å². The van der Waals surface area contributed by atoms with Crippen molar-refractivity contribution >= 4 is 11.6 Å². The Morgan fingerprint density at radius 1 is 1.37 bits per heavy atom. The second-order valence-electron chi connectivity index (χ2n) is 4.93. The summed E-state index contributed by atoms with van der Waals surface area (Å²) >= 11 is 0. The van der Waals surface area contributed by atoms with Crippen LogP contribution in [0.25, 0.3) is 0 Å². The van der Waals surface area contributed by atoms with Crippen molar-refractivity contribution in [1.82, 2.24) is 0 Å². The van der Waals surface area contributed by atoms with Crippen LogP contribution >= 0.6 is 0 Å². The van der Waals surface area contributed by atoms with Gasteiger partial charge in [-0.2, -0.15) is 0 Å². The number of anilines is 1. The molecule has 0 aliphatic rings. The standard InChI is InChI=1S/C14H22N2O3/c1-14(2,19-4)8-13(17)16-11-6-5-10(9-15)7-12(11)18-3/h5-7H,8-9,15H2,1-4H3,(H,16,17). The molecule has 5 nitrogen and oxygen atoms in total. The van der Waals surface area contributed by atoms with Crippen molar-refractivity contribution in [3.8, 4) is 5.75 Å². The van der Waals surface area contributed by atoms with Crippen LogP contribution in [0, 0.1) is 0 Å². The highest BCUT2D eigenvalue weighted by Gasteiger charge is 2.21. The van der Waals surface area contributed by atoms with Gasteiger partial charge in [-0.3, -0.25) is 4.79 Å². The third-order valence-electron chi connectivity index (χ3n) is 2.91. The van der Waals surface area contributed by atoms with Gasteiger partial charge >= 0.3 is 0 Å². The summed E-state index contributed by atoms with van der Waals surface area (Å²) in [4.78, 5) is 11.9. The van der Waals surface area contributed by atoms with Gasteiger partial charge in [0.1, 0.15) is 5.75 Å². The van der Waals surface area contributed by atoms with Crippen LogP contribution in [0.5, 0.6) is 5.75 Å². The van der Waals surface area contributed by atoms with E-state index in [1.165, 1.54) is 0 Å². The van der Waals surface area contributed by atoms with Crippen LogP contribution in [-0.4, -0.2) is 25.7 Å². The highest BCUT2D eigenvalue weighted by Crippen LogP contribution is 2.26. The maximum Gasteiger partial charge on any atom is 0.227 e. The van der Waals surface area contributed by atoms with Gasteiger partial charge < -0.3 is 20.5 Å². The third-order valence-corrected chi connectivity index (χ3v) is 2.91. The molecule has 0 heterocycles. The van der Waals surface area contributed by atoms with E-state index in [2.05, 4.69) is 5.32 Å². The first kappa shape index (κ1) is 15.5. The van der Waals surface area contributed by atoms with E-state index in [9.17, 15) is 4.79 Å². The molecule has 5 heteroatoms. The normalized spacial score (nSPS) is 11.2. The van der Waals surface area contributed by atoms with Crippen LogP contribution in [0.2, 0.25) is 0 Å². The molecule has 0 aromatic heterocycles. The molecule has 3 N–H and O–H groups in total. The summed E-state index contributed by atoms with van der Waals surface area (Å²) in [6.07, 6.45) is 0.269. The van der Waals surface area contributed by atoms with Gasteiger partial charge in [0, 0.05) is 13.7 Å². The number of hydrogen-bond donors (Lipinski definition) is 2. The lowest BCUT2D eigenvalue weighted by atomic mass is 10.0. The van der Waals surface area contributed by atoms with Crippen LogP contribution in [0.4, 0.5) is 5.69 Å². The first-order valence-corrected chi connectivity index (χ1v) is 6.14. The molecule has 0 fully saturated rings. The van der Waals surface area contributed by atoms with Crippen molar-refractivity contribution in [1.29, 1.82) is 0 Å². The number of carbonyl (C=O) groups excluding carboxylic acids is 1. The average molecular weight is 266 g/mol. The lowest BCUT2D eigenvalue weighted by molar-refractivity contribution is -0.121. The quantitative estimate of drug-likeness (QED) is 0.825. The predicted octanol–water partition coefficient (Wildman–Crippen LogP) is 1.91. The molecular weight excluding hydrogens is 244 g/mol. The van der Waals surface area contributed by atoms with Gasteiger partial charge in [-0.25, -0.2) is 0 Å². The van der Waals surface area contributed by atoms with E-state index < -0.39 is 5.60 Å². The zero-order valence-electron chi connectivity index (χ0n) is 11.9. The van der Waals surface area contributed by atoms with Crippen LogP contribution < -0.4 is 15.8 Å². The molecule has 0 aliphatic carbocycles. The molecule has 0 radical (unpaired) electrons. The number of hydrogen-bond acceptors (Lipinski definition) is 4. The molecule has 106 valence electrons. The fourth-order valence-corrected chi connectivity index (χ4v) is 1.62. The maximum atomic E-state index is 11.9. The van der Waals surface area contributed by atoms with Gasteiger partial charge in [-0.05, 0) is 31.5 Å². The van der Waals surface area contributed by atoms with Crippen LogP contribution in [0.15, 0.2) is 18.2 Å². The number of ether oxygens (including phenoxy) is 2. The molecule has 1 amide bonds. The third kappa shape index (κ3) is 4.54. The fourth-order valence-electron chi connectivity index (χ4n) is 1.62. The van der Waals surface area contributed by atoms with Gasteiger partial charge in [0.25, 0.3) is 0 Å². The van der Waals surface area contributed by atoms with E-state index in [0.717, 1.165) is 5.56 Å². The van der Waals surface area contributed by atoms with Crippen molar-refractivity contribution in [2.75, 3.05) is 19.5 Å². The van der Waals surface area contributed by atoms with Crippen LogP contribution in [-0.2, 0) is 16.1 Å². The molecule has 1 aromatic rings. The maximum absolute atomic E-state index is 11.9. The van der Waals surface area contributed by atoms with E-state index in [0.29, 0.717) is 18.0 Å². The van der Waals surface area contributed by atoms with Crippen molar-refractivity contribution in [2.45, 2.75) is 32.4 Å². The van der Waals surface area contributed by atoms with Crippen LogP contribution in [0.3, 0.4) is 0 Å². The monoisotopic (exact) mass is 266 g/mol. The lowest BCUT2D eigenvalue weighted by Gasteiger charge is -2.22. The number of rotatable bonds is 6. The summed E-state index contributed by atoms with van der Waals surface area (Å²) in [6, 6.07) is 5.47. The summed E-state index contributed by atoms with van der Waals surface area (Å²) in [7, 11) is 3.15. The number of amides is 1. The summed E-state index contributed by atoms with van der Waals surface area (Å²) in [5, 5.41) is 2.82. The van der Waals surface area contributed by atoms with Crippen molar-refractivity contribution < 1.29 is 14.3 Å². The Morgan fingerprint density at radius 3 is 2.58 bits per heavy atom. The predicted molar refractivity (Wildman–Crippen MR) is 75.2 cm³/mol. The van der Waals surface area contributed by atoms with Gasteiger partial charge in [-0.1, -0.05) is 6.07 Å². The van der Waals surface area contributed by atoms with Gasteiger partial charge in [0.05, 0.1) is 24.8 Å². The minimum Gasteiger partial charge on any atom is -0.495 e. The van der Waals surface area contributed by atoms with E-state index in [1.807, 2.05) is 26.0 Å². The highest BCUT2D eigenvalue weighted by molar-refractivity contribution is 5.92. The number of benzene rings is 1. The molecule has 0 bridgehead atoms. The molecule has 0 saturated heterocycles. The van der Waals surface area contributed by atoms with Crippen LogP contribution in [0.1, 0.15) is 25.8 Å². The second kappa shape index (κ2) is 6.54. The Kier molecular flexibility index (Phi) is 5.32. The minimum atomic E-state index is -0.492. The Hall–Kier alpha value is -1.59. The summed E-state index contributed by atoms with van der Waals surface area (Å²) < 4.78 is 10.5. The number of nitrogens with one attached hydrogen (secondary N) is 1. The molecule has 0 aliphatic heterocycles. The van der Waals surface area contributed by atoms with Gasteiger partial charge in [0.15, 0.2) is 0 Å². The van der Waals surface area contributed by atoms with E-state index in [1.54, 1.807) is 20.3 Å². The minimum absolute atomic E-state index is 0.120. The molecule has 1 aromatic carbocycles. The number of methoxy groups -OCH3 is 2. The summed E-state index contributed by atoms with van der Waals surface area (Å²) in [5.74, 6) is 0.483. The second-order valence-corrected chi connectivity index (χ2v) is 4.93. The smallest absolute Gasteiger partial charge is 0.227 e. The van der Waals surface area contributed by atoms with Gasteiger partial charge in [0.2, 0.25) is 5.91 Å². The largest absolute Gasteiger partial charge is 0.495 e. The molecule has 0 saturated carbocycles. The van der Waals surface area contributed by atoms with Crippen molar-refractivity contribution in [3.05, 3.63) is 23.8 Å². The Balaban J connectivity index is 2.79.